The first-order chi connectivity index (χ1) is 18.3. The van der Waals surface area contributed by atoms with E-state index in [0.29, 0.717) is 21.7 Å². The molecular formula is C31H22Cl2N2O3. The number of fused-ring (bicyclic) bond motifs is 1. The standard InChI is InChI=1S/C31H22Cl2N2O3/c1-18-3-7-20(8-4-18)29-30(21-9-5-19(2)6-10-21)35-27-15-22(11-14-26(27)34-29)31(37)38-17-28(36)24-13-12-23(32)16-25(24)33/h3-16H,17H2,1-2H3. The van der Waals surface area contributed by atoms with E-state index in [1.54, 1.807) is 24.3 Å². The number of nitrogens with zero attached hydrogens (tertiary/aromatic N) is 2. The zero-order chi connectivity index (χ0) is 26.8. The molecule has 4 aromatic carbocycles. The number of Topliss-reactive ketones (excluding diaryl/α,β-unsaturated/α-hetero) is 1. The average Bonchev–Trinajstić information content (AvgIpc) is 2.91. The van der Waals surface area contributed by atoms with Crippen LogP contribution in [0.4, 0.5) is 0 Å². The molecule has 0 aliphatic heterocycles. The third-order valence-corrected chi connectivity index (χ3v) is 6.66. The minimum Gasteiger partial charge on any atom is -0.454 e. The fourth-order valence-corrected chi connectivity index (χ4v) is 4.53. The van der Waals surface area contributed by atoms with E-state index in [1.807, 2.05) is 62.4 Å². The van der Waals surface area contributed by atoms with Gasteiger partial charge in [-0.3, -0.25) is 4.79 Å². The number of aryl methyl sites for hydroxylation is 2. The van der Waals surface area contributed by atoms with Crippen LogP contribution < -0.4 is 0 Å². The normalized spacial score (nSPS) is 10.9. The molecule has 5 aromatic rings. The summed E-state index contributed by atoms with van der Waals surface area (Å²) in [6.45, 7) is 3.61. The second-order valence-corrected chi connectivity index (χ2v) is 9.82. The van der Waals surface area contributed by atoms with E-state index in [9.17, 15) is 9.59 Å². The Balaban J connectivity index is 1.47. The number of halogens is 2. The third-order valence-electron chi connectivity index (χ3n) is 6.12. The van der Waals surface area contributed by atoms with E-state index in [2.05, 4.69) is 0 Å². The number of aromatic nitrogens is 2. The van der Waals surface area contributed by atoms with Crippen LogP contribution in [0.2, 0.25) is 10.0 Å². The van der Waals surface area contributed by atoms with E-state index < -0.39 is 18.4 Å². The van der Waals surface area contributed by atoms with Crippen LogP contribution in [0.25, 0.3) is 33.5 Å². The zero-order valence-corrected chi connectivity index (χ0v) is 22.2. The summed E-state index contributed by atoms with van der Waals surface area (Å²) in [5.41, 5.74) is 7.29. The molecule has 0 atom stereocenters. The lowest BCUT2D eigenvalue weighted by Gasteiger charge is -2.12. The van der Waals surface area contributed by atoms with E-state index in [0.717, 1.165) is 27.9 Å². The highest BCUT2D eigenvalue weighted by Crippen LogP contribution is 2.32. The highest BCUT2D eigenvalue weighted by atomic mass is 35.5. The lowest BCUT2D eigenvalue weighted by atomic mass is 10.0. The van der Waals surface area contributed by atoms with Gasteiger partial charge < -0.3 is 4.74 Å². The second kappa shape index (κ2) is 10.7. The van der Waals surface area contributed by atoms with Gasteiger partial charge in [-0.15, -0.1) is 0 Å². The molecule has 7 heteroatoms. The summed E-state index contributed by atoms with van der Waals surface area (Å²) in [6, 6.07) is 25.7. The first-order valence-electron chi connectivity index (χ1n) is 11.9. The molecule has 1 heterocycles. The number of ether oxygens (including phenoxy) is 1. The van der Waals surface area contributed by atoms with Gasteiger partial charge in [0.2, 0.25) is 5.78 Å². The molecule has 38 heavy (non-hydrogen) atoms. The van der Waals surface area contributed by atoms with Crippen molar-refractivity contribution >= 4 is 46.0 Å². The van der Waals surface area contributed by atoms with Crippen molar-refractivity contribution in [3.63, 3.8) is 0 Å². The minimum atomic E-state index is -0.647. The summed E-state index contributed by atoms with van der Waals surface area (Å²) in [4.78, 5) is 35.1. The molecule has 5 nitrogen and oxygen atoms in total. The highest BCUT2D eigenvalue weighted by molar-refractivity contribution is 6.36. The van der Waals surface area contributed by atoms with Crippen molar-refractivity contribution in [3.8, 4) is 22.5 Å². The maximum atomic E-state index is 12.8. The number of carbonyl (C=O) groups is 2. The van der Waals surface area contributed by atoms with Gasteiger partial charge in [0.1, 0.15) is 0 Å². The number of hydrogen-bond donors (Lipinski definition) is 0. The monoisotopic (exact) mass is 540 g/mol. The molecule has 5 rings (SSSR count). The zero-order valence-electron chi connectivity index (χ0n) is 20.7. The van der Waals surface area contributed by atoms with Crippen LogP contribution in [0, 0.1) is 13.8 Å². The quantitative estimate of drug-likeness (QED) is 0.161. The molecule has 0 saturated carbocycles. The van der Waals surface area contributed by atoms with Crippen LogP contribution in [0.5, 0.6) is 0 Å². The summed E-state index contributed by atoms with van der Waals surface area (Å²) in [6.07, 6.45) is 0. The van der Waals surface area contributed by atoms with Crippen LogP contribution in [0.1, 0.15) is 31.8 Å². The van der Waals surface area contributed by atoms with Crippen molar-refractivity contribution in [1.82, 2.24) is 9.97 Å². The Hall–Kier alpha value is -4.06. The van der Waals surface area contributed by atoms with Gasteiger partial charge in [-0.25, -0.2) is 14.8 Å². The van der Waals surface area contributed by atoms with Crippen molar-refractivity contribution in [2.75, 3.05) is 6.61 Å². The Labute approximate surface area is 230 Å². The summed E-state index contributed by atoms with van der Waals surface area (Å²) in [7, 11) is 0. The van der Waals surface area contributed by atoms with Crippen molar-refractivity contribution < 1.29 is 14.3 Å². The number of ketones is 1. The molecule has 0 fully saturated rings. The Kier molecular flexibility index (Phi) is 7.23. The smallest absolute Gasteiger partial charge is 0.338 e. The van der Waals surface area contributed by atoms with Gasteiger partial charge in [0.05, 0.1) is 33.0 Å². The van der Waals surface area contributed by atoms with Crippen LogP contribution >= 0.6 is 23.2 Å². The van der Waals surface area contributed by atoms with Gasteiger partial charge >= 0.3 is 5.97 Å². The molecule has 0 aliphatic carbocycles. The highest BCUT2D eigenvalue weighted by Gasteiger charge is 2.17. The topological polar surface area (TPSA) is 69.2 Å². The van der Waals surface area contributed by atoms with Gasteiger partial charge in [0, 0.05) is 21.7 Å². The molecule has 0 N–H and O–H groups in total. The summed E-state index contributed by atoms with van der Waals surface area (Å²) in [5.74, 6) is -1.07. The summed E-state index contributed by atoms with van der Waals surface area (Å²) < 4.78 is 5.28. The number of hydrogen-bond acceptors (Lipinski definition) is 5. The molecule has 188 valence electrons. The Bertz CT molecular complexity index is 1680. The average molecular weight is 541 g/mol. The van der Waals surface area contributed by atoms with Crippen molar-refractivity contribution in [2.45, 2.75) is 13.8 Å². The maximum Gasteiger partial charge on any atom is 0.338 e. The lowest BCUT2D eigenvalue weighted by Crippen LogP contribution is -2.14. The van der Waals surface area contributed by atoms with Gasteiger partial charge in [0.25, 0.3) is 0 Å². The van der Waals surface area contributed by atoms with Gasteiger partial charge in [-0.1, -0.05) is 82.9 Å². The molecule has 0 spiro atoms. The predicted molar refractivity (Wildman–Crippen MR) is 151 cm³/mol. The lowest BCUT2D eigenvalue weighted by molar-refractivity contribution is 0.0475. The van der Waals surface area contributed by atoms with E-state index in [-0.39, 0.29) is 16.1 Å². The van der Waals surface area contributed by atoms with Crippen molar-refractivity contribution in [3.05, 3.63) is 117 Å². The van der Waals surface area contributed by atoms with E-state index in [4.69, 9.17) is 37.9 Å². The Morgan fingerprint density at radius 2 is 1.29 bits per heavy atom. The number of benzene rings is 4. The minimum absolute atomic E-state index is 0.201. The van der Waals surface area contributed by atoms with Crippen LogP contribution in [-0.2, 0) is 4.74 Å². The molecular weight excluding hydrogens is 519 g/mol. The maximum absolute atomic E-state index is 12.8. The molecule has 0 unspecified atom stereocenters. The van der Waals surface area contributed by atoms with Gasteiger partial charge in [0.15, 0.2) is 6.61 Å². The Morgan fingerprint density at radius 1 is 0.711 bits per heavy atom. The van der Waals surface area contributed by atoms with E-state index >= 15 is 0 Å². The fraction of sp³-hybridized carbons (Fsp3) is 0.0968. The molecule has 1 aromatic heterocycles. The van der Waals surface area contributed by atoms with Gasteiger partial charge in [-0.2, -0.15) is 0 Å². The molecule has 0 radical (unpaired) electrons. The number of esters is 1. The number of rotatable bonds is 6. The molecule has 0 aliphatic rings. The third kappa shape index (κ3) is 5.44. The number of carbonyl (C=O) groups excluding carboxylic acids is 2. The van der Waals surface area contributed by atoms with Crippen molar-refractivity contribution in [1.29, 1.82) is 0 Å². The molecule has 0 amide bonds. The van der Waals surface area contributed by atoms with Crippen molar-refractivity contribution in [2.24, 2.45) is 0 Å². The SMILES string of the molecule is Cc1ccc(-c2nc3ccc(C(=O)OCC(=O)c4ccc(Cl)cc4Cl)cc3nc2-c2ccc(C)cc2)cc1. The van der Waals surface area contributed by atoms with Gasteiger partial charge in [-0.05, 0) is 50.2 Å². The Morgan fingerprint density at radius 3 is 1.87 bits per heavy atom. The van der Waals surface area contributed by atoms with E-state index in [1.165, 1.54) is 12.1 Å². The van der Waals surface area contributed by atoms with Crippen LogP contribution in [0.3, 0.4) is 0 Å². The first kappa shape index (κ1) is 25.6. The summed E-state index contributed by atoms with van der Waals surface area (Å²) in [5, 5.41) is 0.615. The second-order valence-electron chi connectivity index (χ2n) is 8.98. The predicted octanol–water partition coefficient (Wildman–Crippen LogP) is 7.93. The molecule has 0 saturated heterocycles. The fourth-order valence-electron chi connectivity index (χ4n) is 4.01. The summed E-state index contributed by atoms with van der Waals surface area (Å²) >= 11 is 12.0. The molecule has 0 bridgehead atoms. The van der Waals surface area contributed by atoms with Crippen LogP contribution in [0.15, 0.2) is 84.9 Å². The van der Waals surface area contributed by atoms with Crippen LogP contribution in [-0.4, -0.2) is 28.3 Å². The largest absolute Gasteiger partial charge is 0.454 e. The first-order valence-corrected chi connectivity index (χ1v) is 12.7.